The lowest BCUT2D eigenvalue weighted by Crippen LogP contribution is -2.54. The zero-order valence-electron chi connectivity index (χ0n) is 10.7. The fourth-order valence-electron chi connectivity index (χ4n) is 2.69. The number of likely N-dealkylation sites (tertiary alicyclic amines) is 1. The summed E-state index contributed by atoms with van der Waals surface area (Å²) in [6, 6.07) is -0.259. The van der Waals surface area contributed by atoms with Crippen molar-refractivity contribution in [3.63, 3.8) is 0 Å². The highest BCUT2D eigenvalue weighted by Gasteiger charge is 2.29. The van der Waals surface area contributed by atoms with E-state index in [0.717, 1.165) is 52.0 Å². The third-order valence-corrected chi connectivity index (χ3v) is 3.75. The third kappa shape index (κ3) is 3.20. The molecule has 1 atom stereocenters. The van der Waals surface area contributed by atoms with Crippen molar-refractivity contribution < 1.29 is 9.59 Å². The number of nitrogens with zero attached hydrogens (tertiary/aromatic N) is 2. The number of nitrogens with two attached hydrogens (primary N) is 1. The van der Waals surface area contributed by atoms with Gasteiger partial charge in [-0.25, -0.2) is 0 Å². The maximum Gasteiger partial charge on any atom is 0.236 e. The molecule has 3 N–H and O–H groups in total. The molecule has 0 bridgehead atoms. The first-order valence-corrected chi connectivity index (χ1v) is 6.70. The van der Waals surface area contributed by atoms with E-state index in [0.29, 0.717) is 6.54 Å². The van der Waals surface area contributed by atoms with E-state index < -0.39 is 0 Å². The van der Waals surface area contributed by atoms with Crippen LogP contribution in [0.3, 0.4) is 0 Å². The van der Waals surface area contributed by atoms with E-state index in [1.165, 1.54) is 0 Å². The van der Waals surface area contributed by atoms with Gasteiger partial charge in [-0.1, -0.05) is 6.42 Å². The average Bonchev–Trinajstić information content (AvgIpc) is 2.40. The fourth-order valence-corrected chi connectivity index (χ4v) is 2.69. The maximum atomic E-state index is 12.1. The highest BCUT2D eigenvalue weighted by Crippen LogP contribution is 2.16. The summed E-state index contributed by atoms with van der Waals surface area (Å²) in [7, 11) is 0. The van der Waals surface area contributed by atoms with Crippen LogP contribution in [0.4, 0.5) is 0 Å². The van der Waals surface area contributed by atoms with Crippen LogP contribution in [-0.4, -0.2) is 66.9 Å². The molecule has 0 saturated carbocycles. The monoisotopic (exact) mass is 254 g/mol. The Morgan fingerprint density at radius 3 is 2.56 bits per heavy atom. The average molecular weight is 254 g/mol. The Labute approximate surface area is 107 Å². The van der Waals surface area contributed by atoms with Gasteiger partial charge in [0.1, 0.15) is 0 Å². The summed E-state index contributed by atoms with van der Waals surface area (Å²) in [6.07, 6.45) is 2.84. The number of rotatable bonds is 3. The second-order valence-electron chi connectivity index (χ2n) is 5.02. The molecule has 0 aliphatic carbocycles. The number of piperazine rings is 1. The number of hydrogen-bond acceptors (Lipinski definition) is 4. The Morgan fingerprint density at radius 1 is 1.17 bits per heavy atom. The largest absolute Gasteiger partial charge is 0.368 e. The van der Waals surface area contributed by atoms with Gasteiger partial charge in [-0.3, -0.25) is 14.5 Å². The van der Waals surface area contributed by atoms with Crippen molar-refractivity contribution >= 4 is 11.8 Å². The number of nitrogens with one attached hydrogen (secondary N) is 1. The van der Waals surface area contributed by atoms with Crippen LogP contribution in [0, 0.1) is 0 Å². The topological polar surface area (TPSA) is 78.7 Å². The predicted molar refractivity (Wildman–Crippen MR) is 67.9 cm³/mol. The summed E-state index contributed by atoms with van der Waals surface area (Å²) in [5.41, 5.74) is 5.40. The highest BCUT2D eigenvalue weighted by atomic mass is 16.2. The molecule has 1 unspecified atom stereocenters. The first-order valence-electron chi connectivity index (χ1n) is 6.70. The second kappa shape index (κ2) is 6.15. The molecule has 0 aromatic heterocycles. The molecule has 2 aliphatic rings. The first-order chi connectivity index (χ1) is 8.68. The molecule has 6 heteroatoms. The Morgan fingerprint density at radius 2 is 1.89 bits per heavy atom. The van der Waals surface area contributed by atoms with Crippen LogP contribution in [0.15, 0.2) is 0 Å². The predicted octanol–water partition coefficient (Wildman–Crippen LogP) is -1.24. The molecular formula is C12H22N4O2. The van der Waals surface area contributed by atoms with Gasteiger partial charge < -0.3 is 16.0 Å². The summed E-state index contributed by atoms with van der Waals surface area (Å²) < 4.78 is 0. The van der Waals surface area contributed by atoms with E-state index in [1.54, 1.807) is 0 Å². The summed E-state index contributed by atoms with van der Waals surface area (Å²) in [6.45, 7) is 4.34. The van der Waals surface area contributed by atoms with Gasteiger partial charge in [0, 0.05) is 26.2 Å². The van der Waals surface area contributed by atoms with Crippen LogP contribution < -0.4 is 11.1 Å². The molecule has 2 aliphatic heterocycles. The standard InChI is InChI=1S/C12H22N4O2/c13-12(18)10-3-1-2-6-16(10)9-11(17)15-7-4-14-5-8-15/h10,14H,1-9H2,(H2,13,18). The van der Waals surface area contributed by atoms with E-state index in [9.17, 15) is 9.59 Å². The van der Waals surface area contributed by atoms with Gasteiger partial charge in [-0.05, 0) is 19.4 Å². The Balaban J connectivity index is 1.89. The molecule has 2 heterocycles. The lowest BCUT2D eigenvalue weighted by molar-refractivity contribution is -0.135. The molecular weight excluding hydrogens is 232 g/mol. The molecule has 0 spiro atoms. The SMILES string of the molecule is NC(=O)C1CCCCN1CC(=O)N1CCNCC1. The van der Waals surface area contributed by atoms with Gasteiger partial charge >= 0.3 is 0 Å². The summed E-state index contributed by atoms with van der Waals surface area (Å²) in [4.78, 5) is 27.3. The molecule has 102 valence electrons. The minimum Gasteiger partial charge on any atom is -0.368 e. The van der Waals surface area contributed by atoms with Crippen LogP contribution in [0.2, 0.25) is 0 Å². The van der Waals surface area contributed by atoms with Crippen molar-refractivity contribution in [3.05, 3.63) is 0 Å². The molecule has 0 radical (unpaired) electrons. The van der Waals surface area contributed by atoms with E-state index in [4.69, 9.17) is 5.73 Å². The molecule has 6 nitrogen and oxygen atoms in total. The molecule has 2 fully saturated rings. The van der Waals surface area contributed by atoms with Gasteiger partial charge in [0.25, 0.3) is 0 Å². The van der Waals surface area contributed by atoms with Crippen LogP contribution in [0.25, 0.3) is 0 Å². The zero-order valence-corrected chi connectivity index (χ0v) is 10.7. The summed E-state index contributed by atoms with van der Waals surface area (Å²) >= 11 is 0. The van der Waals surface area contributed by atoms with Crippen molar-refractivity contribution in [1.29, 1.82) is 0 Å². The van der Waals surface area contributed by atoms with Crippen molar-refractivity contribution in [2.75, 3.05) is 39.3 Å². The first kappa shape index (κ1) is 13.3. The zero-order chi connectivity index (χ0) is 13.0. The molecule has 0 aromatic rings. The van der Waals surface area contributed by atoms with Crippen LogP contribution in [-0.2, 0) is 9.59 Å². The van der Waals surface area contributed by atoms with Gasteiger partial charge in [-0.2, -0.15) is 0 Å². The number of carbonyl (C=O) groups is 2. The lowest BCUT2D eigenvalue weighted by atomic mass is 10.0. The van der Waals surface area contributed by atoms with Crippen LogP contribution in [0.1, 0.15) is 19.3 Å². The van der Waals surface area contributed by atoms with Gasteiger partial charge in [0.05, 0.1) is 12.6 Å². The number of carbonyl (C=O) groups excluding carboxylic acids is 2. The third-order valence-electron chi connectivity index (χ3n) is 3.75. The molecule has 18 heavy (non-hydrogen) atoms. The summed E-state index contributed by atoms with van der Waals surface area (Å²) in [5, 5.41) is 3.22. The summed E-state index contributed by atoms with van der Waals surface area (Å²) in [5.74, 6) is -0.188. The lowest BCUT2D eigenvalue weighted by Gasteiger charge is -2.35. The number of amides is 2. The number of hydrogen-bond donors (Lipinski definition) is 2. The van der Waals surface area contributed by atoms with Crippen molar-refractivity contribution in [1.82, 2.24) is 15.1 Å². The van der Waals surface area contributed by atoms with Gasteiger partial charge in [-0.15, -0.1) is 0 Å². The Bertz CT molecular complexity index is 315. The molecule has 2 saturated heterocycles. The fraction of sp³-hybridized carbons (Fsp3) is 0.833. The smallest absolute Gasteiger partial charge is 0.236 e. The Hall–Kier alpha value is -1.14. The number of piperidine rings is 1. The molecule has 2 amide bonds. The van der Waals surface area contributed by atoms with E-state index in [1.807, 2.05) is 9.80 Å². The van der Waals surface area contributed by atoms with Gasteiger partial charge in [0.2, 0.25) is 11.8 Å². The minimum atomic E-state index is -0.303. The molecule has 2 rings (SSSR count). The maximum absolute atomic E-state index is 12.1. The van der Waals surface area contributed by atoms with Gasteiger partial charge in [0.15, 0.2) is 0 Å². The minimum absolute atomic E-state index is 0.115. The van der Waals surface area contributed by atoms with Crippen molar-refractivity contribution in [2.45, 2.75) is 25.3 Å². The van der Waals surface area contributed by atoms with E-state index >= 15 is 0 Å². The normalized spacial score (nSPS) is 26.0. The van der Waals surface area contributed by atoms with Crippen molar-refractivity contribution in [2.24, 2.45) is 5.73 Å². The van der Waals surface area contributed by atoms with Crippen molar-refractivity contribution in [3.8, 4) is 0 Å². The Kier molecular flexibility index (Phi) is 4.54. The van der Waals surface area contributed by atoms with Crippen LogP contribution >= 0.6 is 0 Å². The number of primary amides is 1. The van der Waals surface area contributed by atoms with E-state index in [2.05, 4.69) is 5.32 Å². The highest BCUT2D eigenvalue weighted by molar-refractivity contribution is 5.82. The quantitative estimate of drug-likeness (QED) is 0.660. The van der Waals surface area contributed by atoms with E-state index in [-0.39, 0.29) is 17.9 Å². The second-order valence-corrected chi connectivity index (χ2v) is 5.02. The van der Waals surface area contributed by atoms with Crippen LogP contribution in [0.5, 0.6) is 0 Å². The molecule has 0 aromatic carbocycles.